The van der Waals surface area contributed by atoms with Crippen molar-refractivity contribution in [3.63, 3.8) is 0 Å². The second kappa shape index (κ2) is 9.50. The molecule has 0 aliphatic rings. The van der Waals surface area contributed by atoms with Gasteiger partial charge in [-0.3, -0.25) is 9.59 Å². The monoisotopic (exact) mass is 392 g/mol. The number of benzene rings is 1. The second-order valence-corrected chi connectivity index (χ2v) is 7.67. The van der Waals surface area contributed by atoms with Gasteiger partial charge in [0, 0.05) is 0 Å². The van der Waals surface area contributed by atoms with E-state index in [1.807, 2.05) is 20.1 Å². The standard InChI is InChI=1S/C18H24N4O4S/c1-11(2)10-14(18(25)26)19-16(23)15(8-9-27-3)22-17(24)12-6-4-5-7-13(12)20-21-22/h4-7,11,14-15H,8-10H2,1-3H3,(H,19,23)(H,25,26)/t14-,15-/m0/s1. The number of carbonyl (C=O) groups is 2. The first-order valence-corrected chi connectivity index (χ1v) is 10.1. The smallest absolute Gasteiger partial charge is 0.326 e. The SMILES string of the molecule is CSCC[C@@H](C(=O)N[C@@H](CC(C)C)C(=O)O)n1nnc2ccccc2c1=O. The number of aromatic nitrogens is 3. The van der Waals surface area contributed by atoms with Gasteiger partial charge >= 0.3 is 5.97 Å². The number of carboxylic acid groups (broad SMARTS) is 1. The maximum Gasteiger partial charge on any atom is 0.326 e. The molecule has 0 fully saturated rings. The minimum atomic E-state index is -1.10. The first-order chi connectivity index (χ1) is 12.8. The van der Waals surface area contributed by atoms with Crippen molar-refractivity contribution >= 4 is 34.5 Å². The maximum absolute atomic E-state index is 12.8. The molecule has 1 amide bonds. The number of hydrogen-bond acceptors (Lipinski definition) is 6. The molecule has 0 aliphatic carbocycles. The number of fused-ring (bicyclic) bond motifs is 1. The number of carbonyl (C=O) groups excluding carboxylic acids is 1. The van der Waals surface area contributed by atoms with Gasteiger partial charge in [0.1, 0.15) is 17.6 Å². The minimum Gasteiger partial charge on any atom is -0.480 e. The van der Waals surface area contributed by atoms with Crippen molar-refractivity contribution in [2.75, 3.05) is 12.0 Å². The fourth-order valence-corrected chi connectivity index (χ4v) is 3.22. The number of rotatable bonds is 9. The number of nitrogens with one attached hydrogen (secondary N) is 1. The molecule has 1 heterocycles. The van der Waals surface area contributed by atoms with E-state index in [1.165, 1.54) is 11.8 Å². The number of aliphatic carboxylic acids is 1. The molecular weight excluding hydrogens is 368 g/mol. The van der Waals surface area contributed by atoms with Crippen molar-refractivity contribution in [2.45, 2.75) is 38.8 Å². The summed E-state index contributed by atoms with van der Waals surface area (Å²) in [5.41, 5.74) is 0.0311. The number of amides is 1. The Balaban J connectivity index is 2.37. The molecule has 27 heavy (non-hydrogen) atoms. The molecule has 0 radical (unpaired) electrons. The number of carboxylic acids is 1. The van der Waals surface area contributed by atoms with E-state index in [0.717, 1.165) is 4.68 Å². The van der Waals surface area contributed by atoms with Crippen LogP contribution in [0.4, 0.5) is 0 Å². The van der Waals surface area contributed by atoms with Gasteiger partial charge in [-0.1, -0.05) is 31.2 Å². The molecule has 1 aromatic heterocycles. The molecule has 146 valence electrons. The molecule has 0 saturated carbocycles. The number of thioether (sulfide) groups is 1. The van der Waals surface area contributed by atoms with Crippen molar-refractivity contribution < 1.29 is 14.7 Å². The zero-order valence-electron chi connectivity index (χ0n) is 15.6. The summed E-state index contributed by atoms with van der Waals surface area (Å²) >= 11 is 1.53. The lowest BCUT2D eigenvalue weighted by Crippen LogP contribution is -2.47. The van der Waals surface area contributed by atoms with Crippen LogP contribution in [0.3, 0.4) is 0 Å². The number of hydrogen-bond donors (Lipinski definition) is 2. The molecule has 1 aromatic carbocycles. The van der Waals surface area contributed by atoms with Gasteiger partial charge in [-0.2, -0.15) is 16.4 Å². The average Bonchev–Trinajstić information content (AvgIpc) is 2.62. The normalized spacial score (nSPS) is 13.5. The van der Waals surface area contributed by atoms with Crippen LogP contribution in [-0.4, -0.2) is 50.0 Å². The summed E-state index contributed by atoms with van der Waals surface area (Å²) in [4.78, 5) is 37.1. The van der Waals surface area contributed by atoms with Gasteiger partial charge in [-0.05, 0) is 42.9 Å². The van der Waals surface area contributed by atoms with Crippen molar-refractivity contribution in [1.82, 2.24) is 20.3 Å². The van der Waals surface area contributed by atoms with E-state index in [9.17, 15) is 19.5 Å². The van der Waals surface area contributed by atoms with E-state index in [2.05, 4.69) is 15.6 Å². The molecule has 8 nitrogen and oxygen atoms in total. The third-order valence-electron chi connectivity index (χ3n) is 4.11. The second-order valence-electron chi connectivity index (χ2n) is 6.68. The Kier molecular flexibility index (Phi) is 7.35. The maximum atomic E-state index is 12.8. The Labute approximate surface area is 161 Å². The van der Waals surface area contributed by atoms with Crippen molar-refractivity contribution in [2.24, 2.45) is 5.92 Å². The Hall–Kier alpha value is -2.42. The Bertz CT molecular complexity index is 868. The lowest BCUT2D eigenvalue weighted by molar-refractivity contribution is -0.142. The molecule has 0 bridgehead atoms. The third kappa shape index (κ3) is 5.29. The Morgan fingerprint density at radius 2 is 2.00 bits per heavy atom. The predicted octanol–water partition coefficient (Wildman–Crippen LogP) is 1.70. The Morgan fingerprint density at radius 1 is 1.30 bits per heavy atom. The van der Waals surface area contributed by atoms with Crippen molar-refractivity contribution in [1.29, 1.82) is 0 Å². The molecule has 2 rings (SSSR count). The molecule has 2 aromatic rings. The van der Waals surface area contributed by atoms with E-state index < -0.39 is 29.5 Å². The summed E-state index contributed by atoms with van der Waals surface area (Å²) in [6, 6.07) is 4.84. The molecular formula is C18H24N4O4S. The van der Waals surface area contributed by atoms with Gasteiger partial charge in [0.2, 0.25) is 5.91 Å². The van der Waals surface area contributed by atoms with Crippen LogP contribution in [0.15, 0.2) is 29.1 Å². The van der Waals surface area contributed by atoms with Gasteiger partial charge < -0.3 is 10.4 Å². The highest BCUT2D eigenvalue weighted by molar-refractivity contribution is 7.98. The lowest BCUT2D eigenvalue weighted by atomic mass is 10.0. The summed E-state index contributed by atoms with van der Waals surface area (Å²) in [6.07, 6.45) is 2.53. The first-order valence-electron chi connectivity index (χ1n) is 8.71. The minimum absolute atomic E-state index is 0.0965. The van der Waals surface area contributed by atoms with Crippen molar-refractivity contribution in [3.8, 4) is 0 Å². The molecule has 2 N–H and O–H groups in total. The summed E-state index contributed by atoms with van der Waals surface area (Å²) < 4.78 is 1.06. The predicted molar refractivity (Wildman–Crippen MR) is 105 cm³/mol. The zero-order chi connectivity index (χ0) is 20.0. The molecule has 2 atom stereocenters. The van der Waals surface area contributed by atoms with E-state index in [4.69, 9.17) is 0 Å². The van der Waals surface area contributed by atoms with Gasteiger partial charge in [0.15, 0.2) is 0 Å². The third-order valence-corrected chi connectivity index (χ3v) is 4.75. The summed E-state index contributed by atoms with van der Waals surface area (Å²) in [5, 5.41) is 20.3. The van der Waals surface area contributed by atoms with E-state index in [1.54, 1.807) is 24.3 Å². The van der Waals surface area contributed by atoms with Gasteiger partial charge in [0.05, 0.1) is 5.39 Å². The largest absolute Gasteiger partial charge is 0.480 e. The molecule has 0 unspecified atom stereocenters. The summed E-state index contributed by atoms with van der Waals surface area (Å²) in [7, 11) is 0. The van der Waals surface area contributed by atoms with Crippen LogP contribution in [0.1, 0.15) is 32.7 Å². The highest BCUT2D eigenvalue weighted by atomic mass is 32.2. The molecule has 9 heteroatoms. The van der Waals surface area contributed by atoms with Crippen LogP contribution in [-0.2, 0) is 9.59 Å². The molecule has 0 saturated heterocycles. The van der Waals surface area contributed by atoms with Crippen molar-refractivity contribution in [3.05, 3.63) is 34.6 Å². The summed E-state index contributed by atoms with van der Waals surface area (Å²) in [5.74, 6) is -0.929. The first kappa shape index (κ1) is 20.9. The fraction of sp³-hybridized carbons (Fsp3) is 0.500. The topological polar surface area (TPSA) is 114 Å². The van der Waals surface area contributed by atoms with Gasteiger partial charge in [-0.25, -0.2) is 4.79 Å². The molecule has 0 aliphatic heterocycles. The van der Waals surface area contributed by atoms with E-state index in [-0.39, 0.29) is 5.92 Å². The molecule has 0 spiro atoms. The highest BCUT2D eigenvalue weighted by Crippen LogP contribution is 2.15. The fourth-order valence-electron chi connectivity index (χ4n) is 2.76. The van der Waals surface area contributed by atoms with E-state index >= 15 is 0 Å². The van der Waals surface area contributed by atoms with Gasteiger partial charge in [0.25, 0.3) is 5.56 Å². The average molecular weight is 392 g/mol. The van der Waals surface area contributed by atoms with Crippen LogP contribution in [0.25, 0.3) is 10.9 Å². The van der Waals surface area contributed by atoms with Crippen LogP contribution in [0.2, 0.25) is 0 Å². The number of nitrogens with zero attached hydrogens (tertiary/aromatic N) is 3. The van der Waals surface area contributed by atoms with E-state index in [0.29, 0.717) is 29.5 Å². The summed E-state index contributed by atoms with van der Waals surface area (Å²) in [6.45, 7) is 3.76. The van der Waals surface area contributed by atoms with Gasteiger partial charge in [-0.15, -0.1) is 5.10 Å². The lowest BCUT2D eigenvalue weighted by Gasteiger charge is -2.21. The van der Waals surface area contributed by atoms with Crippen LogP contribution in [0, 0.1) is 5.92 Å². The highest BCUT2D eigenvalue weighted by Gasteiger charge is 2.28. The zero-order valence-corrected chi connectivity index (χ0v) is 16.4. The quantitative estimate of drug-likeness (QED) is 0.667. The van der Waals surface area contributed by atoms with Crippen LogP contribution in [0.5, 0.6) is 0 Å². The van der Waals surface area contributed by atoms with Crippen LogP contribution < -0.4 is 10.9 Å². The van der Waals surface area contributed by atoms with Crippen LogP contribution >= 0.6 is 11.8 Å². The Morgan fingerprint density at radius 3 is 2.63 bits per heavy atom.